The number of rotatable bonds is 1. The Bertz CT molecular complexity index is 491. The van der Waals surface area contributed by atoms with Crippen molar-refractivity contribution in [3.8, 4) is 5.75 Å². The van der Waals surface area contributed by atoms with Crippen molar-refractivity contribution in [2.45, 2.75) is 38.1 Å². The number of hydrogen-bond acceptors (Lipinski definition) is 3. The van der Waals surface area contributed by atoms with Gasteiger partial charge in [-0.05, 0) is 18.8 Å². The minimum absolute atomic E-state index is 0.119. The molecule has 1 aliphatic heterocycles. The van der Waals surface area contributed by atoms with Crippen molar-refractivity contribution in [2.75, 3.05) is 24.3 Å². The molecule has 0 saturated heterocycles. The largest absolute Gasteiger partial charge is 0.494 e. The van der Waals surface area contributed by atoms with Gasteiger partial charge in [0.05, 0.1) is 24.0 Å². The molecule has 0 aromatic heterocycles. The van der Waals surface area contributed by atoms with Gasteiger partial charge in [-0.2, -0.15) is 0 Å². The Hall–Kier alpha value is -1.45. The molecule has 4 heteroatoms. The smallest absolute Gasteiger partial charge is 0.167 e. The molecule has 3 rings (SSSR count). The van der Waals surface area contributed by atoms with E-state index in [1.807, 2.05) is 0 Å². The molecule has 19 heavy (non-hydrogen) atoms. The molecule has 2 unspecified atom stereocenters. The predicted molar refractivity (Wildman–Crippen MR) is 75.4 cm³/mol. The molecule has 1 saturated carbocycles. The van der Waals surface area contributed by atoms with E-state index >= 15 is 0 Å². The van der Waals surface area contributed by atoms with Gasteiger partial charge < -0.3 is 15.4 Å². The standard InChI is InChI=1S/C15H21FN2O/c1-10-4-3-5-15(8-10)9-17-12-6-11(16)14(19-2)7-13(12)18-15/h6-7,10,17-18H,3-5,8-9H2,1-2H3. The van der Waals surface area contributed by atoms with Crippen molar-refractivity contribution in [3.05, 3.63) is 17.9 Å². The van der Waals surface area contributed by atoms with Crippen LogP contribution in [0.1, 0.15) is 32.6 Å². The van der Waals surface area contributed by atoms with E-state index in [4.69, 9.17) is 4.74 Å². The third kappa shape index (κ3) is 2.24. The van der Waals surface area contributed by atoms with Gasteiger partial charge in [0.25, 0.3) is 0 Å². The van der Waals surface area contributed by atoms with E-state index in [0.717, 1.165) is 23.8 Å². The summed E-state index contributed by atoms with van der Waals surface area (Å²) in [6.07, 6.45) is 4.90. The number of methoxy groups -OCH3 is 1. The maximum Gasteiger partial charge on any atom is 0.167 e. The fourth-order valence-electron chi connectivity index (χ4n) is 3.49. The topological polar surface area (TPSA) is 33.3 Å². The van der Waals surface area contributed by atoms with Gasteiger partial charge in [0.15, 0.2) is 11.6 Å². The highest BCUT2D eigenvalue weighted by molar-refractivity contribution is 5.74. The van der Waals surface area contributed by atoms with Gasteiger partial charge in [-0.1, -0.05) is 19.8 Å². The Kier molecular flexibility index (Phi) is 3.03. The van der Waals surface area contributed by atoms with Crippen LogP contribution in [-0.2, 0) is 0 Å². The molecule has 2 aliphatic rings. The average Bonchev–Trinajstić information content (AvgIpc) is 2.38. The second-order valence-electron chi connectivity index (χ2n) is 5.99. The van der Waals surface area contributed by atoms with Crippen LogP contribution in [0.4, 0.5) is 15.8 Å². The monoisotopic (exact) mass is 264 g/mol. The van der Waals surface area contributed by atoms with Gasteiger partial charge in [-0.25, -0.2) is 4.39 Å². The number of nitrogens with one attached hydrogen (secondary N) is 2. The van der Waals surface area contributed by atoms with Gasteiger partial charge in [-0.3, -0.25) is 0 Å². The molecule has 104 valence electrons. The molecule has 1 aliphatic carbocycles. The second-order valence-corrected chi connectivity index (χ2v) is 5.99. The van der Waals surface area contributed by atoms with Crippen LogP contribution in [0.5, 0.6) is 5.75 Å². The van der Waals surface area contributed by atoms with Gasteiger partial charge >= 0.3 is 0 Å². The maximum atomic E-state index is 13.7. The van der Waals surface area contributed by atoms with E-state index < -0.39 is 0 Å². The predicted octanol–water partition coefficient (Wildman–Crippen LogP) is 3.62. The number of hydrogen-bond donors (Lipinski definition) is 2. The van der Waals surface area contributed by atoms with Crippen molar-refractivity contribution >= 4 is 11.4 Å². The molecule has 0 radical (unpaired) electrons. The summed E-state index contributed by atoms with van der Waals surface area (Å²) in [5.41, 5.74) is 1.91. The second kappa shape index (κ2) is 4.58. The van der Waals surface area contributed by atoms with Crippen molar-refractivity contribution in [2.24, 2.45) is 5.92 Å². The summed E-state index contributed by atoms with van der Waals surface area (Å²) < 4.78 is 18.7. The zero-order chi connectivity index (χ0) is 13.5. The molecular weight excluding hydrogens is 243 g/mol. The third-order valence-electron chi connectivity index (χ3n) is 4.40. The molecule has 1 fully saturated rings. The van der Waals surface area contributed by atoms with Crippen LogP contribution in [0, 0.1) is 11.7 Å². The first-order valence-electron chi connectivity index (χ1n) is 7.01. The summed E-state index contributed by atoms with van der Waals surface area (Å²) in [6.45, 7) is 3.18. The summed E-state index contributed by atoms with van der Waals surface area (Å²) in [6, 6.07) is 3.28. The lowest BCUT2D eigenvalue weighted by Gasteiger charge is -2.45. The first-order valence-corrected chi connectivity index (χ1v) is 7.01. The highest BCUT2D eigenvalue weighted by atomic mass is 19.1. The Labute approximate surface area is 113 Å². The van der Waals surface area contributed by atoms with Crippen LogP contribution >= 0.6 is 0 Å². The molecule has 1 heterocycles. The molecule has 1 aromatic rings. The molecule has 2 N–H and O–H groups in total. The first kappa shape index (κ1) is 12.6. The Morgan fingerprint density at radius 3 is 2.95 bits per heavy atom. The third-order valence-corrected chi connectivity index (χ3v) is 4.40. The Morgan fingerprint density at radius 1 is 1.37 bits per heavy atom. The van der Waals surface area contributed by atoms with E-state index in [-0.39, 0.29) is 11.4 Å². The van der Waals surface area contributed by atoms with E-state index in [1.165, 1.54) is 38.9 Å². The lowest BCUT2D eigenvalue weighted by atomic mass is 9.75. The number of fused-ring (bicyclic) bond motifs is 1. The number of ether oxygens (including phenoxy) is 1. The van der Waals surface area contributed by atoms with Gasteiger partial charge in [-0.15, -0.1) is 0 Å². The van der Waals surface area contributed by atoms with E-state index in [1.54, 1.807) is 6.07 Å². The van der Waals surface area contributed by atoms with E-state index in [2.05, 4.69) is 17.6 Å². The highest BCUT2D eigenvalue weighted by Crippen LogP contribution is 2.41. The van der Waals surface area contributed by atoms with Crippen LogP contribution in [0.15, 0.2) is 12.1 Å². The van der Waals surface area contributed by atoms with Crippen LogP contribution in [-0.4, -0.2) is 19.2 Å². The summed E-state index contributed by atoms with van der Waals surface area (Å²) >= 11 is 0. The van der Waals surface area contributed by atoms with E-state index in [9.17, 15) is 4.39 Å². The van der Waals surface area contributed by atoms with Crippen molar-refractivity contribution in [1.29, 1.82) is 0 Å². The molecule has 0 bridgehead atoms. The lowest BCUT2D eigenvalue weighted by molar-refractivity contribution is 0.266. The van der Waals surface area contributed by atoms with Gasteiger partial charge in [0.2, 0.25) is 0 Å². The molecule has 1 aromatic carbocycles. The summed E-state index contributed by atoms with van der Waals surface area (Å²) in [5, 5.41) is 7.01. The van der Waals surface area contributed by atoms with Crippen molar-refractivity contribution in [3.63, 3.8) is 0 Å². The zero-order valence-corrected chi connectivity index (χ0v) is 11.6. The molecular formula is C15H21FN2O. The quantitative estimate of drug-likeness (QED) is 0.812. The van der Waals surface area contributed by atoms with Crippen LogP contribution < -0.4 is 15.4 Å². The number of anilines is 2. The molecule has 0 amide bonds. The van der Waals surface area contributed by atoms with Crippen molar-refractivity contribution < 1.29 is 9.13 Å². The minimum atomic E-state index is -0.316. The summed E-state index contributed by atoms with van der Waals surface area (Å²) in [5.74, 6) is 0.726. The Morgan fingerprint density at radius 2 is 2.21 bits per heavy atom. The fourth-order valence-corrected chi connectivity index (χ4v) is 3.49. The molecule has 1 spiro atoms. The van der Waals surface area contributed by atoms with Crippen molar-refractivity contribution in [1.82, 2.24) is 0 Å². The molecule has 3 nitrogen and oxygen atoms in total. The van der Waals surface area contributed by atoms with Crippen LogP contribution in [0.25, 0.3) is 0 Å². The van der Waals surface area contributed by atoms with Crippen LogP contribution in [0.3, 0.4) is 0 Å². The normalized spacial score (nSPS) is 29.3. The zero-order valence-electron chi connectivity index (χ0n) is 11.6. The van der Waals surface area contributed by atoms with Gasteiger partial charge in [0, 0.05) is 18.7 Å². The summed E-state index contributed by atoms with van der Waals surface area (Å²) in [4.78, 5) is 0. The van der Waals surface area contributed by atoms with Crippen LogP contribution in [0.2, 0.25) is 0 Å². The van der Waals surface area contributed by atoms with E-state index in [0.29, 0.717) is 5.75 Å². The summed E-state index contributed by atoms with van der Waals surface area (Å²) in [7, 11) is 1.50. The number of benzene rings is 1. The average molecular weight is 264 g/mol. The molecule has 2 atom stereocenters. The van der Waals surface area contributed by atoms with Gasteiger partial charge in [0.1, 0.15) is 0 Å². The minimum Gasteiger partial charge on any atom is -0.494 e. The first-order chi connectivity index (χ1) is 9.12. The Balaban J connectivity index is 1.90. The lowest BCUT2D eigenvalue weighted by Crippen LogP contribution is -2.50. The SMILES string of the molecule is COc1cc2c(cc1F)NCC1(CCCC(C)C1)N2. The fraction of sp³-hybridized carbons (Fsp3) is 0.600. The maximum absolute atomic E-state index is 13.7. The highest BCUT2D eigenvalue weighted by Gasteiger charge is 2.37. The number of halogens is 1.